The first-order valence-corrected chi connectivity index (χ1v) is 9.25. The highest BCUT2D eigenvalue weighted by Gasteiger charge is 2.45. The van der Waals surface area contributed by atoms with Crippen molar-refractivity contribution < 1.29 is 14.3 Å². The van der Waals surface area contributed by atoms with Crippen LogP contribution in [0.1, 0.15) is 26.3 Å². The number of aromatic nitrogens is 1. The van der Waals surface area contributed by atoms with Crippen LogP contribution in [0.25, 0.3) is 0 Å². The molecule has 4 rings (SSSR count). The zero-order valence-corrected chi connectivity index (χ0v) is 15.2. The Morgan fingerprint density at radius 2 is 2.11 bits per heavy atom. The number of nitrogens with zero attached hydrogens (tertiary/aromatic N) is 3. The van der Waals surface area contributed by atoms with E-state index < -0.39 is 0 Å². The maximum atomic E-state index is 12.8. The highest BCUT2D eigenvalue weighted by Crippen LogP contribution is 2.34. The molecule has 2 aliphatic rings. The van der Waals surface area contributed by atoms with Crippen LogP contribution in [-0.2, 0) is 4.74 Å². The first-order chi connectivity index (χ1) is 13.7. The molecule has 7 heteroatoms. The molecule has 1 aromatic carbocycles. The average Bonchev–Trinajstić information content (AvgIpc) is 3.33. The van der Waals surface area contributed by atoms with Crippen LogP contribution in [0.15, 0.2) is 48.8 Å². The van der Waals surface area contributed by atoms with Crippen LogP contribution in [0.2, 0.25) is 0 Å². The molecule has 3 heterocycles. The number of benzene rings is 1. The van der Waals surface area contributed by atoms with Crippen LogP contribution >= 0.6 is 0 Å². The Morgan fingerprint density at radius 1 is 1.25 bits per heavy atom. The summed E-state index contributed by atoms with van der Waals surface area (Å²) in [6.45, 7) is 2.20. The standard InChI is InChI=1S/C21H20N4O3/c22-8-14-3-1-4-15(7-14)21(27)25-11-18-17(13-28-19(18)12-25)10-24-20(26)16-5-2-6-23-9-16/h1-7,9,17-19H,10-13H2,(H,24,26)/t17-,18-,19-/m1/s1. The van der Waals surface area contributed by atoms with Gasteiger partial charge in [-0.2, -0.15) is 5.26 Å². The lowest BCUT2D eigenvalue weighted by Crippen LogP contribution is -2.35. The predicted octanol–water partition coefficient (Wildman–Crippen LogP) is 1.47. The van der Waals surface area contributed by atoms with E-state index in [0.717, 1.165) is 0 Å². The predicted molar refractivity (Wildman–Crippen MR) is 100 cm³/mol. The summed E-state index contributed by atoms with van der Waals surface area (Å²) in [7, 11) is 0. The zero-order chi connectivity index (χ0) is 19.5. The van der Waals surface area contributed by atoms with Crippen molar-refractivity contribution in [3.8, 4) is 6.07 Å². The molecule has 2 saturated heterocycles. The third-order valence-corrected chi connectivity index (χ3v) is 5.41. The van der Waals surface area contributed by atoms with Gasteiger partial charge in [-0.05, 0) is 30.3 Å². The number of carbonyl (C=O) groups is 2. The minimum atomic E-state index is -0.157. The molecule has 0 aliphatic carbocycles. The zero-order valence-electron chi connectivity index (χ0n) is 15.2. The second kappa shape index (κ2) is 7.79. The summed E-state index contributed by atoms with van der Waals surface area (Å²) >= 11 is 0. The van der Waals surface area contributed by atoms with E-state index in [0.29, 0.717) is 42.9 Å². The molecule has 3 atom stereocenters. The Bertz CT molecular complexity index is 925. The van der Waals surface area contributed by atoms with Crippen LogP contribution in [0.3, 0.4) is 0 Å². The summed E-state index contributed by atoms with van der Waals surface area (Å²) in [6.07, 6.45) is 3.15. The van der Waals surface area contributed by atoms with Crippen molar-refractivity contribution in [1.29, 1.82) is 5.26 Å². The monoisotopic (exact) mass is 376 g/mol. The van der Waals surface area contributed by atoms with Crippen molar-refractivity contribution >= 4 is 11.8 Å². The number of carbonyl (C=O) groups excluding carboxylic acids is 2. The fraction of sp³-hybridized carbons (Fsp3) is 0.333. The van der Waals surface area contributed by atoms with E-state index >= 15 is 0 Å². The number of pyridine rings is 1. The second-order valence-electron chi connectivity index (χ2n) is 7.15. The van der Waals surface area contributed by atoms with Gasteiger partial charge in [-0.1, -0.05) is 6.07 Å². The highest BCUT2D eigenvalue weighted by molar-refractivity contribution is 5.95. The average molecular weight is 376 g/mol. The van der Waals surface area contributed by atoms with Gasteiger partial charge in [0.1, 0.15) is 0 Å². The van der Waals surface area contributed by atoms with E-state index in [9.17, 15) is 9.59 Å². The molecule has 1 aromatic heterocycles. The van der Waals surface area contributed by atoms with Crippen LogP contribution in [-0.4, -0.2) is 54.0 Å². The summed E-state index contributed by atoms with van der Waals surface area (Å²) < 4.78 is 5.88. The van der Waals surface area contributed by atoms with Crippen LogP contribution in [0, 0.1) is 23.2 Å². The summed E-state index contributed by atoms with van der Waals surface area (Å²) in [5.74, 6) is 0.107. The number of hydrogen-bond acceptors (Lipinski definition) is 5. The highest BCUT2D eigenvalue weighted by atomic mass is 16.5. The molecule has 0 bridgehead atoms. The SMILES string of the molecule is N#Cc1cccc(C(=O)N2C[C@@H]3[C@H](CNC(=O)c4cccnc4)CO[C@@H]3C2)c1. The molecule has 142 valence electrons. The van der Waals surface area contributed by atoms with Gasteiger partial charge in [0.2, 0.25) is 0 Å². The fourth-order valence-electron chi connectivity index (χ4n) is 3.90. The maximum absolute atomic E-state index is 12.8. The van der Waals surface area contributed by atoms with Gasteiger partial charge in [0, 0.05) is 49.4 Å². The summed E-state index contributed by atoms with van der Waals surface area (Å²) in [5.41, 5.74) is 1.51. The van der Waals surface area contributed by atoms with Gasteiger partial charge in [0.15, 0.2) is 0 Å². The first-order valence-electron chi connectivity index (χ1n) is 9.25. The Hall–Kier alpha value is -3.24. The van der Waals surface area contributed by atoms with E-state index in [1.807, 2.05) is 0 Å². The molecular formula is C21H20N4O3. The van der Waals surface area contributed by atoms with Gasteiger partial charge in [-0.25, -0.2) is 0 Å². The summed E-state index contributed by atoms with van der Waals surface area (Å²) in [5, 5.41) is 12.0. The lowest BCUT2D eigenvalue weighted by atomic mass is 9.93. The topological polar surface area (TPSA) is 95.3 Å². The van der Waals surface area contributed by atoms with Crippen molar-refractivity contribution in [3.63, 3.8) is 0 Å². The van der Waals surface area contributed by atoms with E-state index in [4.69, 9.17) is 10.00 Å². The quantitative estimate of drug-likeness (QED) is 0.872. The number of hydrogen-bond donors (Lipinski definition) is 1. The van der Waals surface area contributed by atoms with Crippen LogP contribution < -0.4 is 5.32 Å². The fourth-order valence-corrected chi connectivity index (χ4v) is 3.90. The molecule has 2 aromatic rings. The van der Waals surface area contributed by atoms with Crippen molar-refractivity contribution in [1.82, 2.24) is 15.2 Å². The molecule has 7 nitrogen and oxygen atoms in total. The van der Waals surface area contributed by atoms with Gasteiger partial charge in [-0.3, -0.25) is 14.6 Å². The third kappa shape index (κ3) is 3.59. The van der Waals surface area contributed by atoms with E-state index in [2.05, 4.69) is 16.4 Å². The van der Waals surface area contributed by atoms with Crippen LogP contribution in [0.4, 0.5) is 0 Å². The number of nitrogens with one attached hydrogen (secondary N) is 1. The first kappa shape index (κ1) is 18.1. The third-order valence-electron chi connectivity index (χ3n) is 5.41. The smallest absolute Gasteiger partial charge is 0.253 e. The van der Waals surface area contributed by atoms with Gasteiger partial charge < -0.3 is 15.0 Å². The largest absolute Gasteiger partial charge is 0.376 e. The normalized spacial score (nSPS) is 23.1. The van der Waals surface area contributed by atoms with Gasteiger partial charge >= 0.3 is 0 Å². The number of ether oxygens (including phenoxy) is 1. The van der Waals surface area contributed by atoms with Crippen molar-refractivity contribution in [3.05, 3.63) is 65.5 Å². The van der Waals surface area contributed by atoms with E-state index in [1.165, 1.54) is 6.20 Å². The number of rotatable bonds is 4. The Morgan fingerprint density at radius 3 is 2.89 bits per heavy atom. The Labute approximate surface area is 162 Å². The van der Waals surface area contributed by atoms with Crippen LogP contribution in [0.5, 0.6) is 0 Å². The molecule has 0 unspecified atom stereocenters. The molecule has 0 radical (unpaired) electrons. The number of nitriles is 1. The van der Waals surface area contributed by atoms with Crippen molar-refractivity contribution in [2.75, 3.05) is 26.2 Å². The molecule has 2 amide bonds. The summed E-state index contributed by atoms with van der Waals surface area (Å²) in [4.78, 5) is 30.8. The van der Waals surface area contributed by atoms with Gasteiger partial charge in [-0.15, -0.1) is 0 Å². The van der Waals surface area contributed by atoms with Crippen molar-refractivity contribution in [2.45, 2.75) is 6.10 Å². The molecule has 0 spiro atoms. The Balaban J connectivity index is 1.37. The minimum absolute atomic E-state index is 0.0107. The summed E-state index contributed by atoms with van der Waals surface area (Å²) in [6, 6.07) is 12.3. The molecule has 2 fully saturated rings. The van der Waals surface area contributed by atoms with E-state index in [-0.39, 0.29) is 29.8 Å². The number of fused-ring (bicyclic) bond motifs is 1. The molecule has 28 heavy (non-hydrogen) atoms. The Kier molecular flexibility index (Phi) is 5.04. The molecule has 1 N–H and O–H groups in total. The van der Waals surface area contributed by atoms with E-state index in [1.54, 1.807) is 47.5 Å². The van der Waals surface area contributed by atoms with Gasteiger partial charge in [0.25, 0.3) is 11.8 Å². The second-order valence-corrected chi connectivity index (χ2v) is 7.15. The van der Waals surface area contributed by atoms with Gasteiger partial charge in [0.05, 0.1) is 29.9 Å². The minimum Gasteiger partial charge on any atom is -0.376 e. The number of likely N-dealkylation sites (tertiary alicyclic amines) is 1. The lowest BCUT2D eigenvalue weighted by Gasteiger charge is -2.20. The molecular weight excluding hydrogens is 356 g/mol. The lowest BCUT2D eigenvalue weighted by molar-refractivity contribution is 0.0674. The number of amides is 2. The molecule has 0 saturated carbocycles. The maximum Gasteiger partial charge on any atom is 0.253 e. The van der Waals surface area contributed by atoms with Crippen molar-refractivity contribution in [2.24, 2.45) is 11.8 Å². The molecule has 2 aliphatic heterocycles.